The van der Waals surface area contributed by atoms with Crippen LogP contribution in [-0.4, -0.2) is 26.0 Å². The number of nitrogens with zero attached hydrogens (tertiary/aromatic N) is 2. The van der Waals surface area contributed by atoms with E-state index in [-0.39, 0.29) is 0 Å². The molecule has 0 aromatic heterocycles. The Kier molecular flexibility index (Phi) is 5.76. The van der Waals surface area contributed by atoms with Gasteiger partial charge in [0.15, 0.2) is 0 Å². The highest BCUT2D eigenvalue weighted by molar-refractivity contribution is 6.46. The largest absolute Gasteiger partial charge is 0.495 e. The molecule has 1 aliphatic rings. The van der Waals surface area contributed by atoms with Crippen LogP contribution < -0.4 is 14.5 Å². The van der Waals surface area contributed by atoms with Gasteiger partial charge in [0.05, 0.1) is 18.4 Å². The van der Waals surface area contributed by atoms with Gasteiger partial charge >= 0.3 is 0 Å². The number of rotatable bonds is 5. The monoisotopic (exact) mass is 446 g/mol. The molecule has 0 radical (unpaired) electrons. The summed E-state index contributed by atoms with van der Waals surface area (Å²) in [6, 6.07) is 20.1. The third-order valence-corrected chi connectivity index (χ3v) is 5.95. The minimum absolute atomic E-state index is 0.298. The number of anilines is 2. The van der Waals surface area contributed by atoms with Gasteiger partial charge in [-0.05, 0) is 60.9 Å². The second-order valence-corrected chi connectivity index (χ2v) is 8.12. The van der Waals surface area contributed by atoms with Crippen LogP contribution in [0.2, 0.25) is 5.02 Å². The normalized spacial score (nSPS) is 13.7. The SMILES string of the molecule is COc1ccc(Cl)cc1N1C(=O)C(c2ccc(C)c(C)c2)=C(N(C)c2ccccc2)C1=O. The topological polar surface area (TPSA) is 49.9 Å². The van der Waals surface area contributed by atoms with Crippen molar-refractivity contribution in [2.75, 3.05) is 24.0 Å². The van der Waals surface area contributed by atoms with Crippen LogP contribution in [0.5, 0.6) is 5.75 Å². The third-order valence-electron chi connectivity index (χ3n) is 5.72. The molecule has 5 nitrogen and oxygen atoms in total. The fourth-order valence-electron chi connectivity index (χ4n) is 3.82. The number of para-hydroxylation sites is 1. The molecule has 162 valence electrons. The molecule has 0 bridgehead atoms. The molecule has 4 rings (SSSR count). The molecular formula is C26H23ClN2O3. The van der Waals surface area contributed by atoms with E-state index in [1.54, 1.807) is 30.1 Å². The number of hydrogen-bond donors (Lipinski definition) is 0. The van der Waals surface area contributed by atoms with E-state index in [1.165, 1.54) is 7.11 Å². The molecule has 2 amide bonds. The summed E-state index contributed by atoms with van der Waals surface area (Å²) in [6.45, 7) is 3.99. The zero-order chi connectivity index (χ0) is 23.0. The number of ether oxygens (including phenoxy) is 1. The van der Waals surface area contributed by atoms with Crippen LogP contribution >= 0.6 is 11.6 Å². The number of benzene rings is 3. The summed E-state index contributed by atoms with van der Waals surface area (Å²) < 4.78 is 5.43. The van der Waals surface area contributed by atoms with Gasteiger partial charge in [0.1, 0.15) is 11.4 Å². The molecule has 3 aromatic carbocycles. The van der Waals surface area contributed by atoms with Gasteiger partial charge < -0.3 is 9.64 Å². The molecule has 0 aliphatic carbocycles. The highest BCUT2D eigenvalue weighted by Crippen LogP contribution is 2.40. The van der Waals surface area contributed by atoms with Crippen LogP contribution in [0.4, 0.5) is 11.4 Å². The van der Waals surface area contributed by atoms with Crippen molar-refractivity contribution < 1.29 is 14.3 Å². The molecule has 6 heteroatoms. The zero-order valence-corrected chi connectivity index (χ0v) is 19.1. The van der Waals surface area contributed by atoms with E-state index in [4.69, 9.17) is 16.3 Å². The lowest BCUT2D eigenvalue weighted by Gasteiger charge is -2.22. The quantitative estimate of drug-likeness (QED) is 0.493. The lowest BCUT2D eigenvalue weighted by atomic mass is 9.99. The molecule has 0 fully saturated rings. The van der Waals surface area contributed by atoms with Crippen molar-refractivity contribution in [3.8, 4) is 5.75 Å². The molecular weight excluding hydrogens is 424 g/mol. The minimum atomic E-state index is -0.435. The number of amides is 2. The van der Waals surface area contributed by atoms with Crippen LogP contribution in [0.15, 0.2) is 72.4 Å². The summed E-state index contributed by atoms with van der Waals surface area (Å²) in [5.41, 5.74) is 4.58. The maximum absolute atomic E-state index is 13.8. The van der Waals surface area contributed by atoms with E-state index in [0.29, 0.717) is 33.3 Å². The summed E-state index contributed by atoms with van der Waals surface area (Å²) in [5, 5.41) is 0.402. The highest BCUT2D eigenvalue weighted by Gasteiger charge is 2.43. The standard InChI is InChI=1S/C26H23ClN2O3/c1-16-10-11-18(14-17(16)2)23-24(28(3)20-8-6-5-7-9-20)26(31)29(25(23)30)21-15-19(27)12-13-22(21)32-4/h5-15H,1-4H3. The number of hydrogen-bond acceptors (Lipinski definition) is 4. The molecule has 0 atom stereocenters. The molecule has 0 saturated heterocycles. The van der Waals surface area contributed by atoms with Crippen molar-refractivity contribution in [1.82, 2.24) is 0 Å². The van der Waals surface area contributed by atoms with Crippen molar-refractivity contribution >= 4 is 40.4 Å². The fourth-order valence-corrected chi connectivity index (χ4v) is 3.99. The smallest absolute Gasteiger partial charge is 0.282 e. The van der Waals surface area contributed by atoms with Crippen molar-refractivity contribution in [2.45, 2.75) is 13.8 Å². The van der Waals surface area contributed by atoms with E-state index >= 15 is 0 Å². The Morgan fingerprint density at radius 1 is 0.875 bits per heavy atom. The Labute approximate surface area is 192 Å². The summed E-state index contributed by atoms with van der Waals surface area (Å²) in [5.74, 6) is -0.467. The molecule has 32 heavy (non-hydrogen) atoms. The highest BCUT2D eigenvalue weighted by atomic mass is 35.5. The maximum Gasteiger partial charge on any atom is 0.282 e. The molecule has 0 N–H and O–H groups in total. The Hall–Kier alpha value is -3.57. The van der Waals surface area contributed by atoms with Gasteiger partial charge in [0.2, 0.25) is 0 Å². The summed E-state index contributed by atoms with van der Waals surface area (Å²) in [6.07, 6.45) is 0. The number of imide groups is 1. The van der Waals surface area contributed by atoms with Gasteiger partial charge in [0.25, 0.3) is 11.8 Å². The molecule has 1 heterocycles. The molecule has 3 aromatic rings. The van der Waals surface area contributed by atoms with Crippen molar-refractivity contribution in [3.63, 3.8) is 0 Å². The first-order valence-corrected chi connectivity index (χ1v) is 10.5. The van der Waals surface area contributed by atoms with Gasteiger partial charge in [-0.15, -0.1) is 0 Å². The van der Waals surface area contributed by atoms with E-state index in [0.717, 1.165) is 21.7 Å². The second-order valence-electron chi connectivity index (χ2n) is 7.68. The third kappa shape index (κ3) is 3.65. The Balaban J connectivity index is 1.93. The number of aryl methyl sites for hydroxylation is 2. The van der Waals surface area contributed by atoms with Crippen LogP contribution in [0.3, 0.4) is 0 Å². The summed E-state index contributed by atoms with van der Waals surface area (Å²) in [7, 11) is 3.28. The Morgan fingerprint density at radius 3 is 2.25 bits per heavy atom. The Bertz CT molecular complexity index is 1250. The number of methoxy groups -OCH3 is 1. The van der Waals surface area contributed by atoms with Crippen molar-refractivity contribution in [2.24, 2.45) is 0 Å². The number of halogens is 1. The maximum atomic E-state index is 13.8. The van der Waals surface area contributed by atoms with Crippen LogP contribution in [0.25, 0.3) is 5.57 Å². The number of likely N-dealkylation sites (N-methyl/N-ethyl adjacent to an activating group) is 1. The van der Waals surface area contributed by atoms with Gasteiger partial charge in [-0.3, -0.25) is 9.59 Å². The van der Waals surface area contributed by atoms with E-state index in [2.05, 4.69) is 0 Å². The van der Waals surface area contributed by atoms with E-state index in [1.807, 2.05) is 62.4 Å². The lowest BCUT2D eigenvalue weighted by Crippen LogP contribution is -2.34. The summed E-state index contributed by atoms with van der Waals surface area (Å²) in [4.78, 5) is 30.4. The molecule has 0 saturated carbocycles. The number of carbonyl (C=O) groups is 2. The molecule has 1 aliphatic heterocycles. The predicted octanol–water partition coefficient (Wildman–Crippen LogP) is 5.39. The summed E-state index contributed by atoms with van der Waals surface area (Å²) >= 11 is 6.21. The average molecular weight is 447 g/mol. The van der Waals surface area contributed by atoms with Crippen molar-refractivity contribution in [1.29, 1.82) is 0 Å². The van der Waals surface area contributed by atoms with Crippen LogP contribution in [0, 0.1) is 13.8 Å². The van der Waals surface area contributed by atoms with Gasteiger partial charge in [-0.25, -0.2) is 4.90 Å². The van der Waals surface area contributed by atoms with Gasteiger partial charge in [-0.1, -0.05) is 48.0 Å². The van der Waals surface area contributed by atoms with E-state index in [9.17, 15) is 9.59 Å². The molecule has 0 spiro atoms. The number of carbonyl (C=O) groups excluding carboxylic acids is 2. The van der Waals surface area contributed by atoms with Gasteiger partial charge in [0, 0.05) is 17.8 Å². The molecule has 0 unspecified atom stereocenters. The van der Waals surface area contributed by atoms with Crippen molar-refractivity contribution in [3.05, 3.63) is 94.1 Å². The average Bonchev–Trinajstić information content (AvgIpc) is 3.05. The van der Waals surface area contributed by atoms with Crippen LogP contribution in [-0.2, 0) is 9.59 Å². The second kappa shape index (κ2) is 8.52. The first-order chi connectivity index (χ1) is 15.3. The first-order valence-electron chi connectivity index (χ1n) is 10.2. The van der Waals surface area contributed by atoms with E-state index < -0.39 is 11.8 Å². The predicted molar refractivity (Wildman–Crippen MR) is 128 cm³/mol. The fraction of sp³-hybridized carbons (Fsp3) is 0.154. The minimum Gasteiger partial charge on any atom is -0.495 e. The van der Waals surface area contributed by atoms with Crippen LogP contribution in [0.1, 0.15) is 16.7 Å². The Morgan fingerprint density at radius 2 is 1.59 bits per heavy atom. The zero-order valence-electron chi connectivity index (χ0n) is 18.3. The lowest BCUT2D eigenvalue weighted by molar-refractivity contribution is -0.120. The first kappa shape index (κ1) is 21.7. The van der Waals surface area contributed by atoms with Gasteiger partial charge in [-0.2, -0.15) is 0 Å².